The molecule has 0 atom stereocenters. The number of amides is 1. The Balaban J connectivity index is 1.61. The van der Waals surface area contributed by atoms with E-state index < -0.39 is 11.6 Å². The molecular formula is C27H27F2N3OS. The Labute approximate surface area is 202 Å². The van der Waals surface area contributed by atoms with E-state index in [1.807, 2.05) is 42.5 Å². The molecule has 4 aromatic rings. The molecule has 3 aromatic carbocycles. The van der Waals surface area contributed by atoms with Gasteiger partial charge >= 0.3 is 0 Å². The fourth-order valence-electron chi connectivity index (χ4n) is 3.88. The maximum atomic E-state index is 14.3. The molecule has 4 rings (SSSR count). The smallest absolute Gasteiger partial charge is 0.260 e. The number of anilines is 1. The molecule has 0 aliphatic heterocycles. The van der Waals surface area contributed by atoms with Crippen LogP contribution in [0.4, 0.5) is 13.9 Å². The van der Waals surface area contributed by atoms with Crippen molar-refractivity contribution in [3.8, 4) is 0 Å². The number of rotatable bonds is 9. The SMILES string of the molecule is CCN(CC)CCN(C(=O)c1ccc(Cc2ccccc2)cc1)c1nc2c(F)cc(F)cc2s1. The number of nitrogens with zero attached hydrogens (tertiary/aromatic N) is 3. The first kappa shape index (κ1) is 24.0. The minimum Gasteiger partial charge on any atom is -0.302 e. The maximum Gasteiger partial charge on any atom is 0.260 e. The summed E-state index contributed by atoms with van der Waals surface area (Å²) in [6, 6.07) is 19.8. The van der Waals surface area contributed by atoms with Gasteiger partial charge < -0.3 is 4.90 Å². The third-order valence-electron chi connectivity index (χ3n) is 5.86. The van der Waals surface area contributed by atoms with Crippen molar-refractivity contribution in [2.24, 2.45) is 0 Å². The van der Waals surface area contributed by atoms with Crippen molar-refractivity contribution in [2.75, 3.05) is 31.1 Å². The third-order valence-corrected chi connectivity index (χ3v) is 6.89. The zero-order valence-electron chi connectivity index (χ0n) is 19.3. The summed E-state index contributed by atoms with van der Waals surface area (Å²) in [5.41, 5.74) is 2.92. The summed E-state index contributed by atoms with van der Waals surface area (Å²) in [5, 5.41) is 0.366. The van der Waals surface area contributed by atoms with Crippen LogP contribution in [0.2, 0.25) is 0 Å². The first-order chi connectivity index (χ1) is 16.5. The lowest BCUT2D eigenvalue weighted by atomic mass is 10.0. The van der Waals surface area contributed by atoms with E-state index in [0.717, 1.165) is 42.5 Å². The highest BCUT2D eigenvalue weighted by Crippen LogP contribution is 2.32. The molecule has 0 aliphatic carbocycles. The number of halogens is 2. The zero-order valence-corrected chi connectivity index (χ0v) is 20.1. The summed E-state index contributed by atoms with van der Waals surface area (Å²) in [6.45, 7) is 6.89. The Morgan fingerprint density at radius 3 is 2.26 bits per heavy atom. The molecule has 176 valence electrons. The van der Waals surface area contributed by atoms with E-state index >= 15 is 0 Å². The number of hydrogen-bond acceptors (Lipinski definition) is 4. The van der Waals surface area contributed by atoms with Crippen LogP contribution in [0.1, 0.15) is 35.3 Å². The van der Waals surface area contributed by atoms with Crippen LogP contribution in [0.5, 0.6) is 0 Å². The molecule has 0 radical (unpaired) electrons. The zero-order chi connectivity index (χ0) is 24.1. The lowest BCUT2D eigenvalue weighted by Gasteiger charge is -2.24. The topological polar surface area (TPSA) is 36.4 Å². The maximum absolute atomic E-state index is 14.3. The Kier molecular flexibility index (Phi) is 7.65. The summed E-state index contributed by atoms with van der Waals surface area (Å²) in [7, 11) is 0. The second kappa shape index (κ2) is 10.8. The minimum atomic E-state index is -0.723. The molecular weight excluding hydrogens is 452 g/mol. The normalized spacial score (nSPS) is 11.3. The number of benzene rings is 3. The van der Waals surface area contributed by atoms with Gasteiger partial charge in [0.25, 0.3) is 5.91 Å². The van der Waals surface area contributed by atoms with Crippen LogP contribution in [-0.2, 0) is 6.42 Å². The van der Waals surface area contributed by atoms with Crippen LogP contribution in [0.3, 0.4) is 0 Å². The van der Waals surface area contributed by atoms with Gasteiger partial charge in [0.2, 0.25) is 0 Å². The van der Waals surface area contributed by atoms with Gasteiger partial charge in [0.05, 0.1) is 4.70 Å². The molecule has 1 aromatic heterocycles. The molecule has 4 nitrogen and oxygen atoms in total. The molecule has 1 amide bonds. The number of carbonyl (C=O) groups excluding carboxylic acids is 1. The van der Waals surface area contributed by atoms with Gasteiger partial charge in [-0.25, -0.2) is 13.8 Å². The predicted octanol–water partition coefficient (Wildman–Crippen LogP) is 6.15. The standard InChI is InChI=1S/C27H27F2N3OS/c1-3-31(4-2)14-15-32(27-30-25-23(29)17-22(28)18-24(25)34-27)26(33)21-12-10-20(11-13-21)16-19-8-6-5-7-9-19/h5-13,17-18H,3-4,14-16H2,1-2H3. The van der Waals surface area contributed by atoms with Gasteiger partial charge in [0, 0.05) is 24.7 Å². The lowest BCUT2D eigenvalue weighted by Crippen LogP contribution is -2.38. The van der Waals surface area contributed by atoms with E-state index in [1.165, 1.54) is 11.6 Å². The molecule has 7 heteroatoms. The van der Waals surface area contributed by atoms with E-state index in [2.05, 4.69) is 35.9 Å². The highest BCUT2D eigenvalue weighted by molar-refractivity contribution is 7.22. The molecule has 0 unspecified atom stereocenters. The highest BCUT2D eigenvalue weighted by Gasteiger charge is 2.23. The molecule has 0 aliphatic rings. The van der Waals surface area contributed by atoms with Crippen LogP contribution in [0.15, 0.2) is 66.7 Å². The summed E-state index contributed by atoms with van der Waals surface area (Å²) >= 11 is 1.12. The second-order valence-corrected chi connectivity index (χ2v) is 9.08. The molecule has 0 saturated carbocycles. The average Bonchev–Trinajstić information content (AvgIpc) is 3.27. The Morgan fingerprint density at radius 2 is 1.59 bits per heavy atom. The van der Waals surface area contributed by atoms with E-state index in [-0.39, 0.29) is 11.4 Å². The molecule has 34 heavy (non-hydrogen) atoms. The van der Waals surface area contributed by atoms with Crippen molar-refractivity contribution >= 4 is 32.6 Å². The van der Waals surface area contributed by atoms with Gasteiger partial charge in [0.15, 0.2) is 10.9 Å². The van der Waals surface area contributed by atoms with E-state index in [0.29, 0.717) is 28.5 Å². The van der Waals surface area contributed by atoms with Crippen LogP contribution in [0, 0.1) is 11.6 Å². The molecule has 1 heterocycles. The monoisotopic (exact) mass is 479 g/mol. The fourth-order valence-corrected chi connectivity index (χ4v) is 4.91. The first-order valence-electron chi connectivity index (χ1n) is 11.4. The third kappa shape index (κ3) is 5.48. The van der Waals surface area contributed by atoms with Crippen molar-refractivity contribution in [3.63, 3.8) is 0 Å². The summed E-state index contributed by atoms with van der Waals surface area (Å²) < 4.78 is 28.4. The van der Waals surface area contributed by atoms with E-state index in [1.54, 1.807) is 4.90 Å². The van der Waals surface area contributed by atoms with Crippen LogP contribution in [0.25, 0.3) is 10.2 Å². The van der Waals surface area contributed by atoms with Crippen molar-refractivity contribution < 1.29 is 13.6 Å². The van der Waals surface area contributed by atoms with Crippen LogP contribution >= 0.6 is 11.3 Å². The molecule has 0 N–H and O–H groups in total. The van der Waals surface area contributed by atoms with Crippen molar-refractivity contribution in [3.05, 3.63) is 95.1 Å². The minimum absolute atomic E-state index is 0.0836. The van der Waals surface area contributed by atoms with Gasteiger partial charge in [-0.3, -0.25) is 9.69 Å². The molecule has 0 spiro atoms. The Morgan fingerprint density at radius 1 is 0.912 bits per heavy atom. The van der Waals surface area contributed by atoms with Crippen molar-refractivity contribution in [1.82, 2.24) is 9.88 Å². The Hall–Kier alpha value is -3.16. The number of thiazole rings is 1. The summed E-state index contributed by atoms with van der Waals surface area (Å²) in [5.74, 6) is -1.59. The fraction of sp³-hybridized carbons (Fsp3) is 0.259. The van der Waals surface area contributed by atoms with Gasteiger partial charge in [-0.1, -0.05) is 67.6 Å². The molecule has 0 bridgehead atoms. The van der Waals surface area contributed by atoms with Gasteiger partial charge in [-0.2, -0.15) is 0 Å². The molecule has 0 saturated heterocycles. The van der Waals surface area contributed by atoms with Gasteiger partial charge in [-0.05, 0) is 48.8 Å². The van der Waals surface area contributed by atoms with Crippen LogP contribution in [-0.4, -0.2) is 42.0 Å². The van der Waals surface area contributed by atoms with Gasteiger partial charge in [-0.15, -0.1) is 0 Å². The quantitative estimate of drug-likeness (QED) is 0.289. The number of aromatic nitrogens is 1. The number of fused-ring (bicyclic) bond motifs is 1. The summed E-state index contributed by atoms with van der Waals surface area (Å²) in [6.07, 6.45) is 0.781. The number of carbonyl (C=O) groups is 1. The van der Waals surface area contributed by atoms with E-state index in [4.69, 9.17) is 0 Å². The summed E-state index contributed by atoms with van der Waals surface area (Å²) in [4.78, 5) is 21.7. The predicted molar refractivity (Wildman–Crippen MR) is 135 cm³/mol. The van der Waals surface area contributed by atoms with E-state index in [9.17, 15) is 13.6 Å². The first-order valence-corrected chi connectivity index (χ1v) is 12.2. The van der Waals surface area contributed by atoms with Crippen LogP contribution < -0.4 is 4.90 Å². The average molecular weight is 480 g/mol. The molecule has 0 fully saturated rings. The number of likely N-dealkylation sites (N-methyl/N-ethyl adjacent to an activating group) is 1. The largest absolute Gasteiger partial charge is 0.302 e. The number of hydrogen-bond donors (Lipinski definition) is 0. The lowest BCUT2D eigenvalue weighted by molar-refractivity contribution is 0.0983. The van der Waals surface area contributed by atoms with Crippen molar-refractivity contribution in [1.29, 1.82) is 0 Å². The van der Waals surface area contributed by atoms with Gasteiger partial charge in [0.1, 0.15) is 11.3 Å². The Bertz CT molecular complexity index is 1250. The van der Waals surface area contributed by atoms with Crippen molar-refractivity contribution in [2.45, 2.75) is 20.3 Å². The second-order valence-electron chi connectivity index (χ2n) is 8.07. The highest BCUT2D eigenvalue weighted by atomic mass is 32.1.